The van der Waals surface area contributed by atoms with Crippen LogP contribution in [0.15, 0.2) is 0 Å². The highest BCUT2D eigenvalue weighted by molar-refractivity contribution is 5.79. The largest absolute Gasteiger partial charge is 0.394 e. The van der Waals surface area contributed by atoms with E-state index in [1.807, 2.05) is 0 Å². The minimum absolute atomic E-state index is 0.716. The van der Waals surface area contributed by atoms with Gasteiger partial charge in [0.2, 0.25) is 0 Å². The highest BCUT2D eigenvalue weighted by Crippen LogP contribution is 2.04. The Balaban J connectivity index is 4.43. The molecule has 0 saturated carbocycles. The van der Waals surface area contributed by atoms with E-state index in [-0.39, 0.29) is 0 Å². The maximum Gasteiger partial charge on any atom is 0.274 e. The van der Waals surface area contributed by atoms with Gasteiger partial charge in [0, 0.05) is 0 Å². The fraction of sp³-hybridized carbons (Fsp3) is 0.833. The molecule has 0 aliphatic heterocycles. The summed E-state index contributed by atoms with van der Waals surface area (Å²) in [5.41, 5.74) is -0.716. The van der Waals surface area contributed by atoms with Crippen molar-refractivity contribution < 1.29 is 36.9 Å². The van der Waals surface area contributed by atoms with Crippen molar-refractivity contribution >= 4 is 5.91 Å². The first kappa shape index (κ1) is 11.3. The average Bonchev–Trinajstić information content (AvgIpc) is 2.23. The SMILES string of the molecule is [2H]N(O)C(=O)[C@H](O)[C@@H](O)[C@H](O)[C@H](O)CO. The van der Waals surface area contributed by atoms with Crippen LogP contribution in [0.4, 0.5) is 0 Å². The minimum Gasteiger partial charge on any atom is -0.394 e. The lowest BCUT2D eigenvalue weighted by Crippen LogP contribution is -2.51. The van der Waals surface area contributed by atoms with Crippen LogP contribution in [0.1, 0.15) is 0 Å². The molecule has 0 radical (unpaired) electrons. The second-order valence-electron chi connectivity index (χ2n) is 2.61. The fourth-order valence-corrected chi connectivity index (χ4v) is 0.728. The van der Waals surface area contributed by atoms with E-state index in [4.69, 9.17) is 32.2 Å². The smallest absolute Gasteiger partial charge is 0.274 e. The number of hydrogen-bond acceptors (Lipinski definition) is 7. The Hall–Kier alpha value is -0.770. The van der Waals surface area contributed by atoms with Crippen LogP contribution in [-0.4, -0.2) is 67.7 Å². The van der Waals surface area contributed by atoms with E-state index in [0.29, 0.717) is 0 Å². The third-order valence-corrected chi connectivity index (χ3v) is 1.61. The summed E-state index contributed by atoms with van der Waals surface area (Å²) in [4.78, 5) is 10.7. The highest BCUT2D eigenvalue weighted by Gasteiger charge is 2.33. The minimum atomic E-state index is -2.27. The van der Waals surface area contributed by atoms with E-state index >= 15 is 0 Å². The van der Waals surface area contributed by atoms with Gasteiger partial charge in [-0.25, -0.2) is 5.47 Å². The van der Waals surface area contributed by atoms with Gasteiger partial charge in [-0.3, -0.25) is 10.0 Å². The van der Waals surface area contributed by atoms with Crippen LogP contribution in [0.3, 0.4) is 0 Å². The van der Waals surface area contributed by atoms with Gasteiger partial charge in [-0.2, -0.15) is 0 Å². The normalized spacial score (nSPS) is 20.6. The first-order chi connectivity index (χ1) is 6.82. The quantitative estimate of drug-likeness (QED) is 0.181. The number of aliphatic hydroxyl groups excluding tert-OH is 5. The van der Waals surface area contributed by atoms with Gasteiger partial charge in [0.1, 0.15) is 18.3 Å². The van der Waals surface area contributed by atoms with Crippen LogP contribution in [-0.2, 0) is 4.79 Å². The summed E-state index contributed by atoms with van der Waals surface area (Å²) in [5, 5.41) is 52.7. The molecule has 0 rings (SSSR count). The van der Waals surface area contributed by atoms with Crippen molar-refractivity contribution in [2.45, 2.75) is 24.4 Å². The van der Waals surface area contributed by atoms with Crippen LogP contribution in [0.25, 0.3) is 0 Å². The maximum atomic E-state index is 10.7. The lowest BCUT2D eigenvalue weighted by molar-refractivity contribution is -0.156. The first-order valence-electron chi connectivity index (χ1n) is 4.12. The Morgan fingerprint density at radius 2 is 1.79 bits per heavy atom. The van der Waals surface area contributed by atoms with Crippen molar-refractivity contribution in [2.24, 2.45) is 0 Å². The Bertz CT molecular complexity index is 214. The van der Waals surface area contributed by atoms with Crippen molar-refractivity contribution in [2.75, 3.05) is 6.61 Å². The summed E-state index contributed by atoms with van der Waals surface area (Å²) >= 11 is 0. The van der Waals surface area contributed by atoms with Gasteiger partial charge in [0.05, 0.1) is 6.61 Å². The summed E-state index contributed by atoms with van der Waals surface area (Å²) in [6.07, 6.45) is -8.13. The van der Waals surface area contributed by atoms with E-state index in [9.17, 15) is 4.79 Å². The number of hydrogen-bond donors (Lipinski definition) is 7. The summed E-state index contributed by atoms with van der Waals surface area (Å²) in [6, 6.07) is 0. The van der Waals surface area contributed by atoms with E-state index in [2.05, 4.69) is 0 Å². The molecular formula is C6H13NO7. The van der Waals surface area contributed by atoms with Gasteiger partial charge in [0.15, 0.2) is 7.52 Å². The molecule has 0 spiro atoms. The molecular weight excluding hydrogens is 198 g/mol. The summed E-state index contributed by atoms with van der Waals surface area (Å²) in [5.74, 6) is -1.58. The Kier molecular flexibility index (Phi) is 4.73. The molecule has 7 N–H and O–H groups in total. The molecule has 0 aromatic carbocycles. The standard InChI is InChI=1S/C6H13NO7/c8-1-2(9)3(10)4(11)5(12)6(13)7-14/h2-5,8-12,14H,1H2,(H,7,13)/t2-,3-,4+,5-/m1/s1/i/hD. The second kappa shape index (κ2) is 5.86. The third-order valence-electron chi connectivity index (χ3n) is 1.61. The van der Waals surface area contributed by atoms with Crippen LogP contribution in [0.5, 0.6) is 0 Å². The Labute approximate surface area is 80.5 Å². The third kappa shape index (κ3) is 3.18. The summed E-state index contributed by atoms with van der Waals surface area (Å²) in [7, 11) is 0. The van der Waals surface area contributed by atoms with Gasteiger partial charge >= 0.3 is 0 Å². The zero-order valence-electron chi connectivity index (χ0n) is 8.06. The van der Waals surface area contributed by atoms with Crippen molar-refractivity contribution in [3.63, 3.8) is 0 Å². The number of rotatable bonds is 5. The summed E-state index contributed by atoms with van der Waals surface area (Å²) in [6.45, 7) is -0.886. The van der Waals surface area contributed by atoms with Crippen molar-refractivity contribution in [1.29, 1.82) is 0 Å². The number of carbonyl (C=O) groups excluding carboxylic acids is 1. The number of hydroxylamine groups is 1. The Morgan fingerprint density at radius 1 is 1.29 bits per heavy atom. The highest BCUT2D eigenvalue weighted by atomic mass is 16.5. The molecule has 8 heteroatoms. The molecule has 0 fully saturated rings. The molecule has 0 aromatic heterocycles. The zero-order valence-corrected chi connectivity index (χ0v) is 7.06. The lowest BCUT2D eigenvalue weighted by Gasteiger charge is -2.24. The summed E-state index contributed by atoms with van der Waals surface area (Å²) < 4.78 is 6.38. The molecule has 0 heterocycles. The number of nitrogens with one attached hydrogen (secondary N) is 1. The van der Waals surface area contributed by atoms with E-state index in [1.54, 1.807) is 0 Å². The Morgan fingerprint density at radius 3 is 2.14 bits per heavy atom. The molecule has 84 valence electrons. The topological polar surface area (TPSA) is 150 Å². The monoisotopic (exact) mass is 212 g/mol. The van der Waals surface area contributed by atoms with E-state index in [0.717, 1.165) is 0 Å². The lowest BCUT2D eigenvalue weighted by atomic mass is 10.0. The van der Waals surface area contributed by atoms with Gasteiger partial charge in [-0.15, -0.1) is 0 Å². The molecule has 0 bridgehead atoms. The van der Waals surface area contributed by atoms with Gasteiger partial charge < -0.3 is 25.5 Å². The second-order valence-corrected chi connectivity index (χ2v) is 2.61. The number of carbonyl (C=O) groups is 1. The first-order valence-corrected chi connectivity index (χ1v) is 3.67. The molecule has 0 unspecified atom stereocenters. The van der Waals surface area contributed by atoms with Crippen molar-refractivity contribution in [3.05, 3.63) is 0 Å². The van der Waals surface area contributed by atoms with Gasteiger partial charge in [0.25, 0.3) is 5.91 Å². The van der Waals surface area contributed by atoms with Crippen LogP contribution < -0.4 is 5.47 Å². The van der Waals surface area contributed by atoms with Crippen LogP contribution in [0.2, 0.25) is 1.41 Å². The molecule has 4 atom stereocenters. The predicted molar refractivity (Wildman–Crippen MR) is 41.0 cm³/mol. The number of amides is 1. The van der Waals surface area contributed by atoms with E-state index < -0.39 is 42.4 Å². The van der Waals surface area contributed by atoms with Crippen LogP contribution >= 0.6 is 0 Å². The molecule has 0 saturated heterocycles. The van der Waals surface area contributed by atoms with Gasteiger partial charge in [-0.05, 0) is 0 Å². The molecule has 14 heavy (non-hydrogen) atoms. The van der Waals surface area contributed by atoms with Gasteiger partial charge in [-0.1, -0.05) is 0 Å². The molecule has 0 aliphatic rings. The van der Waals surface area contributed by atoms with Crippen molar-refractivity contribution in [1.82, 2.24) is 5.47 Å². The molecule has 1 amide bonds. The molecule has 8 nitrogen and oxygen atoms in total. The fourth-order valence-electron chi connectivity index (χ4n) is 0.728. The number of aliphatic hydroxyl groups is 5. The zero-order chi connectivity index (χ0) is 12.2. The average molecular weight is 212 g/mol. The molecule has 0 aliphatic carbocycles. The van der Waals surface area contributed by atoms with Crippen LogP contribution in [0, 0.1) is 0 Å². The predicted octanol–water partition coefficient (Wildman–Crippen LogP) is -4.07. The molecule has 0 aromatic rings. The van der Waals surface area contributed by atoms with E-state index in [1.165, 1.54) is 0 Å². The maximum absolute atomic E-state index is 10.7. The van der Waals surface area contributed by atoms with Crippen molar-refractivity contribution in [3.8, 4) is 0 Å².